The molecule has 0 fully saturated rings. The number of amides is 1. The number of likely N-dealkylation sites (N-methyl/N-ethyl adjacent to an activating group) is 1. The topological polar surface area (TPSA) is 46.1 Å². The summed E-state index contributed by atoms with van der Waals surface area (Å²) in [6.45, 7) is 0.164. The van der Waals surface area contributed by atoms with Gasteiger partial charge in [0, 0.05) is 17.6 Å². The molecule has 4 nitrogen and oxygen atoms in total. The van der Waals surface area contributed by atoms with Crippen molar-refractivity contribution in [2.75, 3.05) is 18.9 Å². The van der Waals surface area contributed by atoms with Gasteiger partial charge in [-0.1, -0.05) is 54.6 Å². The van der Waals surface area contributed by atoms with Crippen LogP contribution in [0, 0.1) is 0 Å². The van der Waals surface area contributed by atoms with Gasteiger partial charge in [-0.2, -0.15) is 13.2 Å². The van der Waals surface area contributed by atoms with E-state index in [0.29, 0.717) is 22.6 Å². The molecule has 0 saturated heterocycles. The van der Waals surface area contributed by atoms with Gasteiger partial charge in [0.05, 0.1) is 17.8 Å². The molecule has 1 amide bonds. The number of benzene rings is 3. The van der Waals surface area contributed by atoms with Crippen molar-refractivity contribution in [3.05, 3.63) is 96.7 Å². The van der Waals surface area contributed by atoms with E-state index in [1.807, 2.05) is 54.6 Å². The minimum Gasteiger partial charge on any atom is -0.325 e. The maximum Gasteiger partial charge on any atom is 0.417 e. The molecule has 0 atom stereocenters. The second-order valence-electron chi connectivity index (χ2n) is 7.55. The van der Waals surface area contributed by atoms with Crippen LogP contribution in [0.5, 0.6) is 0 Å². The highest BCUT2D eigenvalue weighted by Crippen LogP contribution is 2.36. The second kappa shape index (κ2) is 9.34. The number of anilines is 1. The van der Waals surface area contributed by atoms with Gasteiger partial charge in [-0.25, -0.2) is 0 Å². The molecule has 0 aliphatic carbocycles. The van der Waals surface area contributed by atoms with Crippen molar-refractivity contribution in [3.8, 4) is 28.1 Å². The van der Waals surface area contributed by atoms with Gasteiger partial charge in [-0.15, -0.1) is 0 Å². The molecule has 2 N–H and O–H groups in total. The lowest BCUT2D eigenvalue weighted by atomic mass is 10.0. The van der Waals surface area contributed by atoms with Crippen LogP contribution in [0.25, 0.3) is 28.1 Å². The van der Waals surface area contributed by atoms with Gasteiger partial charge >= 0.3 is 6.18 Å². The van der Waals surface area contributed by atoms with Gasteiger partial charge in [0.2, 0.25) is 5.91 Å². The van der Waals surface area contributed by atoms with Crippen molar-refractivity contribution in [2.45, 2.75) is 6.18 Å². The van der Waals surface area contributed by atoms with Crippen LogP contribution in [0.15, 0.2) is 91.1 Å². The third-order valence-corrected chi connectivity index (χ3v) is 5.20. The van der Waals surface area contributed by atoms with Crippen molar-refractivity contribution in [2.24, 2.45) is 0 Å². The van der Waals surface area contributed by atoms with Gasteiger partial charge in [0.25, 0.3) is 0 Å². The van der Waals surface area contributed by atoms with Crippen LogP contribution in [0.3, 0.4) is 0 Å². The molecule has 7 heteroatoms. The second-order valence-corrected chi connectivity index (χ2v) is 7.55. The molecule has 3 aromatic carbocycles. The number of alkyl halides is 3. The predicted molar refractivity (Wildman–Crippen MR) is 124 cm³/mol. The van der Waals surface area contributed by atoms with E-state index in [1.165, 1.54) is 4.57 Å². The molecule has 0 spiro atoms. The van der Waals surface area contributed by atoms with Crippen LogP contribution in [0.2, 0.25) is 0 Å². The van der Waals surface area contributed by atoms with Gasteiger partial charge < -0.3 is 15.2 Å². The number of hydrogen-bond acceptors (Lipinski definition) is 2. The van der Waals surface area contributed by atoms with E-state index < -0.39 is 11.7 Å². The Balaban J connectivity index is 1.69. The minimum atomic E-state index is -4.47. The highest BCUT2D eigenvalue weighted by molar-refractivity contribution is 5.92. The van der Waals surface area contributed by atoms with Crippen LogP contribution in [0.1, 0.15) is 5.56 Å². The zero-order chi connectivity index (χ0) is 23.4. The van der Waals surface area contributed by atoms with Gasteiger partial charge in [0.1, 0.15) is 0 Å². The molecule has 1 heterocycles. The summed E-state index contributed by atoms with van der Waals surface area (Å²) in [6, 6.07) is 25.1. The van der Waals surface area contributed by atoms with E-state index in [1.54, 1.807) is 31.3 Å². The maximum absolute atomic E-state index is 13.5. The number of carbonyl (C=O) groups excluding carboxylic acids is 1. The standard InChI is InChI=1S/C26H22F3N3O/c1-30-16-25(33)31-22-11-13-23(14-12-22)32-17-21(26(27,28)29)15-24(32)20-9-7-19(8-10-20)18-5-3-2-4-6-18/h2-15,17,30H,16H2,1H3,(H,31,33). The summed E-state index contributed by atoms with van der Waals surface area (Å²) in [6.07, 6.45) is -3.37. The molecule has 1 aromatic heterocycles. The fourth-order valence-electron chi connectivity index (χ4n) is 3.59. The predicted octanol–water partition coefficient (Wildman–Crippen LogP) is 5.99. The van der Waals surface area contributed by atoms with Crippen LogP contribution < -0.4 is 10.6 Å². The summed E-state index contributed by atoms with van der Waals surface area (Å²) in [5.41, 5.74) is 3.50. The van der Waals surface area contributed by atoms with Gasteiger partial charge in [0.15, 0.2) is 0 Å². The SMILES string of the molecule is CNCC(=O)Nc1ccc(-n2cc(C(F)(F)F)cc2-c2ccc(-c3ccccc3)cc2)cc1. The van der Waals surface area contributed by atoms with Crippen molar-refractivity contribution in [1.29, 1.82) is 0 Å². The van der Waals surface area contributed by atoms with Crippen LogP contribution in [-0.4, -0.2) is 24.1 Å². The molecule has 33 heavy (non-hydrogen) atoms. The molecule has 168 valence electrons. The van der Waals surface area contributed by atoms with Gasteiger partial charge in [-0.05, 0) is 54.1 Å². The monoisotopic (exact) mass is 449 g/mol. The molecular formula is C26H22F3N3O. The maximum atomic E-state index is 13.5. The molecule has 4 rings (SSSR count). The van der Waals surface area contributed by atoms with Gasteiger partial charge in [-0.3, -0.25) is 4.79 Å². The van der Waals surface area contributed by atoms with E-state index in [-0.39, 0.29) is 12.5 Å². The average molecular weight is 449 g/mol. The fourth-order valence-corrected chi connectivity index (χ4v) is 3.59. The van der Waals surface area contributed by atoms with E-state index in [4.69, 9.17) is 0 Å². The molecule has 0 saturated carbocycles. The van der Waals surface area contributed by atoms with Crippen molar-refractivity contribution < 1.29 is 18.0 Å². The number of aromatic nitrogens is 1. The lowest BCUT2D eigenvalue weighted by Gasteiger charge is -2.12. The molecule has 0 aliphatic heterocycles. The summed E-state index contributed by atoms with van der Waals surface area (Å²) in [4.78, 5) is 11.7. The highest BCUT2D eigenvalue weighted by Gasteiger charge is 2.33. The van der Waals surface area contributed by atoms with E-state index in [0.717, 1.165) is 23.4 Å². The molecular weight excluding hydrogens is 427 g/mol. The highest BCUT2D eigenvalue weighted by atomic mass is 19.4. The van der Waals surface area contributed by atoms with E-state index in [2.05, 4.69) is 10.6 Å². The minimum absolute atomic E-state index is 0.164. The Morgan fingerprint density at radius 2 is 1.45 bits per heavy atom. The molecule has 0 aliphatic rings. The zero-order valence-electron chi connectivity index (χ0n) is 17.9. The summed E-state index contributed by atoms with van der Waals surface area (Å²) in [5, 5.41) is 5.49. The van der Waals surface area contributed by atoms with E-state index in [9.17, 15) is 18.0 Å². The Hall–Kier alpha value is -3.84. The number of nitrogens with zero attached hydrogens (tertiary/aromatic N) is 1. The van der Waals surface area contributed by atoms with Crippen molar-refractivity contribution in [1.82, 2.24) is 9.88 Å². The number of rotatable bonds is 6. The fraction of sp³-hybridized carbons (Fsp3) is 0.115. The first-order chi connectivity index (χ1) is 15.8. The van der Waals surface area contributed by atoms with Crippen LogP contribution in [0.4, 0.5) is 18.9 Å². The first kappa shape index (κ1) is 22.4. The average Bonchev–Trinajstić information content (AvgIpc) is 3.27. The Bertz CT molecular complexity index is 1230. The Labute approximate surface area is 189 Å². The molecule has 0 bridgehead atoms. The lowest BCUT2D eigenvalue weighted by molar-refractivity contribution is -0.137. The number of halogens is 3. The van der Waals surface area contributed by atoms with Crippen molar-refractivity contribution in [3.63, 3.8) is 0 Å². The number of carbonyl (C=O) groups is 1. The number of nitrogens with one attached hydrogen (secondary N) is 2. The first-order valence-electron chi connectivity index (χ1n) is 10.4. The number of hydrogen-bond donors (Lipinski definition) is 2. The van der Waals surface area contributed by atoms with E-state index >= 15 is 0 Å². The normalized spacial score (nSPS) is 11.4. The molecule has 4 aromatic rings. The summed E-state index contributed by atoms with van der Waals surface area (Å²) < 4.78 is 42.0. The zero-order valence-corrected chi connectivity index (χ0v) is 17.9. The molecule has 0 radical (unpaired) electrons. The molecule has 0 unspecified atom stereocenters. The smallest absolute Gasteiger partial charge is 0.325 e. The summed E-state index contributed by atoms with van der Waals surface area (Å²) in [5.74, 6) is -0.204. The Morgan fingerprint density at radius 3 is 2.06 bits per heavy atom. The lowest BCUT2D eigenvalue weighted by Crippen LogP contribution is -2.24. The van der Waals surface area contributed by atoms with Crippen LogP contribution in [-0.2, 0) is 11.0 Å². The Kier molecular flexibility index (Phi) is 6.33. The summed E-state index contributed by atoms with van der Waals surface area (Å²) >= 11 is 0. The van der Waals surface area contributed by atoms with Crippen LogP contribution >= 0.6 is 0 Å². The summed E-state index contributed by atoms with van der Waals surface area (Å²) in [7, 11) is 1.67. The Morgan fingerprint density at radius 1 is 0.848 bits per heavy atom. The third-order valence-electron chi connectivity index (χ3n) is 5.20. The first-order valence-corrected chi connectivity index (χ1v) is 10.4. The van der Waals surface area contributed by atoms with Crippen molar-refractivity contribution >= 4 is 11.6 Å². The largest absolute Gasteiger partial charge is 0.417 e. The quantitative estimate of drug-likeness (QED) is 0.380. The third kappa shape index (κ3) is 5.15.